The Morgan fingerprint density at radius 2 is 2.16 bits per heavy atom. The summed E-state index contributed by atoms with van der Waals surface area (Å²) in [7, 11) is 0. The topological polar surface area (TPSA) is 29.5 Å². The van der Waals surface area contributed by atoms with E-state index in [9.17, 15) is 5.11 Å². The average Bonchev–Trinajstić information content (AvgIpc) is 2.41. The molecular formula is C17H26O2. The first-order valence-corrected chi connectivity index (χ1v) is 7.55. The van der Waals surface area contributed by atoms with Crippen molar-refractivity contribution in [2.75, 3.05) is 0 Å². The number of ether oxygens (including phenoxy) is 1. The van der Waals surface area contributed by atoms with Crippen molar-refractivity contribution in [3.63, 3.8) is 0 Å². The molecule has 0 radical (unpaired) electrons. The van der Waals surface area contributed by atoms with Crippen LogP contribution in [0.3, 0.4) is 0 Å². The lowest BCUT2D eigenvalue weighted by molar-refractivity contribution is 0.121. The maximum Gasteiger partial charge on any atom is 0.122 e. The maximum absolute atomic E-state index is 9.59. The summed E-state index contributed by atoms with van der Waals surface area (Å²) in [5.41, 5.74) is 2.08. The first kappa shape index (κ1) is 14.4. The van der Waals surface area contributed by atoms with Crippen molar-refractivity contribution in [1.29, 1.82) is 0 Å². The van der Waals surface area contributed by atoms with E-state index in [4.69, 9.17) is 4.74 Å². The van der Waals surface area contributed by atoms with Crippen LogP contribution in [0.1, 0.15) is 63.2 Å². The molecule has 0 saturated heterocycles. The number of rotatable bonds is 4. The normalized spacial score (nSPS) is 25.1. The van der Waals surface area contributed by atoms with Crippen LogP contribution in [0.4, 0.5) is 0 Å². The fourth-order valence-electron chi connectivity index (χ4n) is 2.96. The molecule has 0 aromatic heterocycles. The molecule has 3 atom stereocenters. The van der Waals surface area contributed by atoms with Gasteiger partial charge in [0.1, 0.15) is 5.75 Å². The van der Waals surface area contributed by atoms with Gasteiger partial charge in [0, 0.05) is 0 Å². The Labute approximate surface area is 116 Å². The lowest BCUT2D eigenvalue weighted by Gasteiger charge is -2.29. The molecule has 1 aromatic carbocycles. The smallest absolute Gasteiger partial charge is 0.122 e. The highest BCUT2D eigenvalue weighted by atomic mass is 16.5. The number of aliphatic hydroxyl groups is 1. The van der Waals surface area contributed by atoms with Gasteiger partial charge in [0.05, 0.1) is 12.2 Å². The van der Waals surface area contributed by atoms with Crippen LogP contribution in [0.2, 0.25) is 0 Å². The van der Waals surface area contributed by atoms with Gasteiger partial charge in [-0.15, -0.1) is 0 Å². The van der Waals surface area contributed by atoms with Gasteiger partial charge in [-0.05, 0) is 62.3 Å². The second kappa shape index (κ2) is 6.42. The van der Waals surface area contributed by atoms with Gasteiger partial charge in [-0.25, -0.2) is 0 Å². The number of hydrogen-bond donors (Lipinski definition) is 1. The second-order valence-electron chi connectivity index (χ2n) is 5.88. The molecule has 2 rings (SSSR count). The summed E-state index contributed by atoms with van der Waals surface area (Å²) in [6, 6.07) is 6.00. The molecule has 0 spiro atoms. The highest BCUT2D eigenvalue weighted by Gasteiger charge is 2.22. The number of aliphatic hydroxyl groups excluding tert-OH is 1. The molecule has 1 saturated carbocycles. The molecule has 0 bridgehead atoms. The van der Waals surface area contributed by atoms with E-state index in [1.165, 1.54) is 32.1 Å². The van der Waals surface area contributed by atoms with E-state index < -0.39 is 6.10 Å². The summed E-state index contributed by atoms with van der Waals surface area (Å²) in [6.07, 6.45) is 6.23. The van der Waals surface area contributed by atoms with Crippen LogP contribution in [0.15, 0.2) is 18.2 Å². The van der Waals surface area contributed by atoms with Crippen LogP contribution >= 0.6 is 0 Å². The predicted octanol–water partition coefficient (Wildman–Crippen LogP) is 4.40. The Hall–Kier alpha value is -1.02. The largest absolute Gasteiger partial charge is 0.490 e. The Morgan fingerprint density at radius 3 is 2.79 bits per heavy atom. The lowest BCUT2D eigenvalue weighted by Crippen LogP contribution is -2.25. The Kier molecular flexibility index (Phi) is 4.87. The van der Waals surface area contributed by atoms with Gasteiger partial charge in [-0.1, -0.05) is 25.8 Å². The molecule has 3 unspecified atom stereocenters. The van der Waals surface area contributed by atoms with Crippen LogP contribution in [0, 0.1) is 12.8 Å². The van der Waals surface area contributed by atoms with E-state index >= 15 is 0 Å². The molecule has 2 heteroatoms. The number of aryl methyl sites for hydroxylation is 1. The van der Waals surface area contributed by atoms with Crippen LogP contribution in [0.5, 0.6) is 5.75 Å². The average molecular weight is 262 g/mol. The Balaban J connectivity index is 2.02. The van der Waals surface area contributed by atoms with Gasteiger partial charge < -0.3 is 9.84 Å². The monoisotopic (exact) mass is 262 g/mol. The minimum Gasteiger partial charge on any atom is -0.490 e. The van der Waals surface area contributed by atoms with E-state index in [0.29, 0.717) is 6.10 Å². The zero-order chi connectivity index (χ0) is 13.8. The van der Waals surface area contributed by atoms with Crippen molar-refractivity contribution in [1.82, 2.24) is 0 Å². The quantitative estimate of drug-likeness (QED) is 0.871. The fraction of sp³-hybridized carbons (Fsp3) is 0.647. The van der Waals surface area contributed by atoms with Crippen LogP contribution < -0.4 is 4.74 Å². The molecule has 19 heavy (non-hydrogen) atoms. The summed E-state index contributed by atoms with van der Waals surface area (Å²) < 4.78 is 6.17. The van der Waals surface area contributed by atoms with Crippen molar-refractivity contribution >= 4 is 0 Å². The SMILES string of the molecule is CCC1CCCC(Oc2ccc(C(C)O)cc2C)C1. The zero-order valence-corrected chi connectivity index (χ0v) is 12.4. The van der Waals surface area contributed by atoms with Crippen molar-refractivity contribution in [3.8, 4) is 5.75 Å². The summed E-state index contributed by atoms with van der Waals surface area (Å²) in [4.78, 5) is 0. The minimum atomic E-state index is -0.410. The van der Waals surface area contributed by atoms with Gasteiger partial charge in [-0.3, -0.25) is 0 Å². The molecule has 2 nitrogen and oxygen atoms in total. The molecule has 0 amide bonds. The van der Waals surface area contributed by atoms with Crippen molar-refractivity contribution < 1.29 is 9.84 Å². The zero-order valence-electron chi connectivity index (χ0n) is 12.4. The van der Waals surface area contributed by atoms with Gasteiger partial charge in [-0.2, -0.15) is 0 Å². The highest BCUT2D eigenvalue weighted by Crippen LogP contribution is 2.31. The van der Waals surface area contributed by atoms with E-state index in [2.05, 4.69) is 13.8 Å². The summed E-state index contributed by atoms with van der Waals surface area (Å²) >= 11 is 0. The fourth-order valence-corrected chi connectivity index (χ4v) is 2.96. The molecule has 106 valence electrons. The molecule has 1 aliphatic rings. The standard InChI is InChI=1S/C17H26O2/c1-4-14-6-5-7-16(11-14)19-17-9-8-15(13(3)18)10-12(17)2/h8-10,13-14,16,18H,4-7,11H2,1-3H3. The second-order valence-corrected chi connectivity index (χ2v) is 5.88. The third-order valence-corrected chi connectivity index (χ3v) is 4.29. The molecule has 1 aliphatic carbocycles. The van der Waals surface area contributed by atoms with Gasteiger partial charge in [0.2, 0.25) is 0 Å². The number of hydrogen-bond acceptors (Lipinski definition) is 2. The van der Waals surface area contributed by atoms with Gasteiger partial charge >= 0.3 is 0 Å². The molecule has 1 N–H and O–H groups in total. The first-order chi connectivity index (χ1) is 9.10. The van der Waals surface area contributed by atoms with Crippen LogP contribution in [-0.2, 0) is 0 Å². The van der Waals surface area contributed by atoms with Gasteiger partial charge in [0.25, 0.3) is 0 Å². The summed E-state index contributed by atoms with van der Waals surface area (Å²) in [6.45, 7) is 6.12. The molecule has 1 fully saturated rings. The summed E-state index contributed by atoms with van der Waals surface area (Å²) in [5.74, 6) is 1.81. The minimum absolute atomic E-state index is 0.370. The maximum atomic E-state index is 9.59. The third kappa shape index (κ3) is 3.73. The third-order valence-electron chi connectivity index (χ3n) is 4.29. The van der Waals surface area contributed by atoms with E-state index in [0.717, 1.165) is 22.8 Å². The van der Waals surface area contributed by atoms with Gasteiger partial charge in [0.15, 0.2) is 0 Å². The predicted molar refractivity (Wildman–Crippen MR) is 78.5 cm³/mol. The first-order valence-electron chi connectivity index (χ1n) is 7.55. The Morgan fingerprint density at radius 1 is 1.37 bits per heavy atom. The highest BCUT2D eigenvalue weighted by molar-refractivity contribution is 5.37. The van der Waals surface area contributed by atoms with E-state index in [-0.39, 0.29) is 0 Å². The molecule has 0 aliphatic heterocycles. The van der Waals surface area contributed by atoms with Crippen molar-refractivity contribution in [2.24, 2.45) is 5.92 Å². The molecule has 1 aromatic rings. The molecule has 0 heterocycles. The molecular weight excluding hydrogens is 236 g/mol. The van der Waals surface area contributed by atoms with Crippen LogP contribution in [-0.4, -0.2) is 11.2 Å². The van der Waals surface area contributed by atoms with Crippen molar-refractivity contribution in [3.05, 3.63) is 29.3 Å². The number of benzene rings is 1. The van der Waals surface area contributed by atoms with Crippen molar-refractivity contribution in [2.45, 2.75) is 65.1 Å². The van der Waals surface area contributed by atoms with Crippen LogP contribution in [0.25, 0.3) is 0 Å². The van der Waals surface area contributed by atoms with E-state index in [1.54, 1.807) is 6.92 Å². The Bertz CT molecular complexity index is 412. The van der Waals surface area contributed by atoms with E-state index in [1.807, 2.05) is 18.2 Å². The lowest BCUT2D eigenvalue weighted by atomic mass is 9.85. The summed E-state index contributed by atoms with van der Waals surface area (Å²) in [5, 5.41) is 9.59.